The van der Waals surface area contributed by atoms with Crippen LogP contribution in [0.4, 0.5) is 0 Å². The van der Waals surface area contributed by atoms with Crippen molar-refractivity contribution in [2.24, 2.45) is 0 Å². The molecular formula is C9H15N3O5. The molecule has 1 fully saturated rings. The zero-order chi connectivity index (χ0) is 12.8. The molecule has 1 aliphatic heterocycles. The van der Waals surface area contributed by atoms with E-state index in [1.54, 1.807) is 0 Å². The Morgan fingerprint density at radius 2 is 2.35 bits per heavy atom. The van der Waals surface area contributed by atoms with Crippen molar-refractivity contribution in [1.29, 1.82) is 0 Å². The van der Waals surface area contributed by atoms with Gasteiger partial charge in [0.1, 0.15) is 6.04 Å². The monoisotopic (exact) mass is 245 g/mol. The van der Waals surface area contributed by atoms with Crippen molar-refractivity contribution < 1.29 is 24.2 Å². The molecular weight excluding hydrogens is 230 g/mol. The molecule has 2 amide bonds. The Hall–Kier alpha value is -1.67. The Kier molecular flexibility index (Phi) is 4.85. The van der Waals surface area contributed by atoms with Gasteiger partial charge in [0.2, 0.25) is 11.8 Å². The van der Waals surface area contributed by atoms with E-state index in [0.717, 1.165) is 0 Å². The molecule has 0 spiro atoms. The first kappa shape index (κ1) is 13.4. The molecule has 1 rings (SSSR count). The van der Waals surface area contributed by atoms with E-state index in [-0.39, 0.29) is 31.4 Å². The molecule has 8 heteroatoms. The summed E-state index contributed by atoms with van der Waals surface area (Å²) in [6.45, 7) is 0.150. The summed E-state index contributed by atoms with van der Waals surface area (Å²) in [6, 6.07) is -0.543. The van der Waals surface area contributed by atoms with Gasteiger partial charge in [0.05, 0.1) is 13.1 Å². The fourth-order valence-corrected chi connectivity index (χ4v) is 1.34. The topological polar surface area (TPSA) is 117 Å². The minimum absolute atomic E-state index is 0.0741. The van der Waals surface area contributed by atoms with Gasteiger partial charge in [0.25, 0.3) is 0 Å². The third-order valence-electron chi connectivity index (χ3n) is 2.35. The van der Waals surface area contributed by atoms with E-state index < -0.39 is 18.1 Å². The Bertz CT molecular complexity index is 310. The van der Waals surface area contributed by atoms with Crippen LogP contribution in [0.1, 0.15) is 0 Å². The quantitative estimate of drug-likeness (QED) is 0.418. The molecule has 0 aliphatic carbocycles. The smallest absolute Gasteiger partial charge is 0.334 e. The molecule has 2 atom stereocenters. The van der Waals surface area contributed by atoms with Crippen LogP contribution in [0.15, 0.2) is 0 Å². The maximum absolute atomic E-state index is 11.6. The SMILES string of the molecule is COC(CNC(=O)C1CNC(=O)CN1)C(=O)O. The summed E-state index contributed by atoms with van der Waals surface area (Å²) in [5.41, 5.74) is 0. The largest absolute Gasteiger partial charge is 0.479 e. The third kappa shape index (κ3) is 4.00. The van der Waals surface area contributed by atoms with Gasteiger partial charge in [-0.25, -0.2) is 4.79 Å². The van der Waals surface area contributed by atoms with E-state index >= 15 is 0 Å². The Morgan fingerprint density at radius 1 is 1.65 bits per heavy atom. The summed E-state index contributed by atoms with van der Waals surface area (Å²) in [4.78, 5) is 33.0. The average molecular weight is 245 g/mol. The molecule has 0 bridgehead atoms. The summed E-state index contributed by atoms with van der Waals surface area (Å²) < 4.78 is 4.66. The first-order valence-electron chi connectivity index (χ1n) is 5.08. The van der Waals surface area contributed by atoms with E-state index in [9.17, 15) is 14.4 Å². The van der Waals surface area contributed by atoms with Crippen molar-refractivity contribution in [1.82, 2.24) is 16.0 Å². The number of piperazine rings is 1. The number of carboxylic acid groups (broad SMARTS) is 1. The fourth-order valence-electron chi connectivity index (χ4n) is 1.34. The van der Waals surface area contributed by atoms with Crippen molar-refractivity contribution in [3.63, 3.8) is 0 Å². The van der Waals surface area contributed by atoms with Crippen molar-refractivity contribution >= 4 is 17.8 Å². The minimum Gasteiger partial charge on any atom is -0.479 e. The van der Waals surface area contributed by atoms with Gasteiger partial charge in [-0.05, 0) is 0 Å². The Labute approximate surface area is 97.7 Å². The molecule has 8 nitrogen and oxygen atoms in total. The second kappa shape index (κ2) is 6.16. The molecule has 0 aromatic heterocycles. The van der Waals surface area contributed by atoms with E-state index in [2.05, 4.69) is 20.7 Å². The first-order chi connectivity index (χ1) is 8.04. The number of carbonyl (C=O) groups is 3. The van der Waals surface area contributed by atoms with Gasteiger partial charge in [-0.1, -0.05) is 0 Å². The van der Waals surface area contributed by atoms with Crippen LogP contribution in [0.2, 0.25) is 0 Å². The van der Waals surface area contributed by atoms with Crippen molar-refractivity contribution in [3.8, 4) is 0 Å². The van der Waals surface area contributed by atoms with Crippen LogP contribution < -0.4 is 16.0 Å². The van der Waals surface area contributed by atoms with Crippen LogP contribution >= 0.6 is 0 Å². The van der Waals surface area contributed by atoms with Gasteiger partial charge in [-0.2, -0.15) is 0 Å². The molecule has 1 saturated heterocycles. The number of carbonyl (C=O) groups excluding carboxylic acids is 2. The highest BCUT2D eigenvalue weighted by Gasteiger charge is 2.25. The van der Waals surface area contributed by atoms with E-state index in [0.29, 0.717) is 0 Å². The molecule has 4 N–H and O–H groups in total. The maximum Gasteiger partial charge on any atom is 0.334 e. The van der Waals surface area contributed by atoms with Gasteiger partial charge >= 0.3 is 5.97 Å². The molecule has 1 heterocycles. The zero-order valence-electron chi connectivity index (χ0n) is 9.36. The fraction of sp³-hybridized carbons (Fsp3) is 0.667. The third-order valence-corrected chi connectivity index (χ3v) is 2.35. The summed E-state index contributed by atoms with van der Waals surface area (Å²) in [5.74, 6) is -1.68. The summed E-state index contributed by atoms with van der Waals surface area (Å²) in [7, 11) is 1.25. The minimum atomic E-state index is -1.14. The van der Waals surface area contributed by atoms with E-state index in [4.69, 9.17) is 5.11 Å². The van der Waals surface area contributed by atoms with Crippen LogP contribution in [0.3, 0.4) is 0 Å². The first-order valence-corrected chi connectivity index (χ1v) is 5.08. The average Bonchev–Trinajstić information content (AvgIpc) is 2.30. The van der Waals surface area contributed by atoms with Gasteiger partial charge in [0, 0.05) is 13.7 Å². The van der Waals surface area contributed by atoms with Crippen LogP contribution in [0.5, 0.6) is 0 Å². The van der Waals surface area contributed by atoms with Gasteiger partial charge < -0.3 is 20.5 Å². The Balaban J connectivity index is 2.34. The lowest BCUT2D eigenvalue weighted by molar-refractivity contribution is -0.148. The van der Waals surface area contributed by atoms with Crippen LogP contribution in [-0.2, 0) is 19.1 Å². The maximum atomic E-state index is 11.6. The number of carboxylic acids is 1. The van der Waals surface area contributed by atoms with Crippen LogP contribution in [0.25, 0.3) is 0 Å². The molecule has 1 aliphatic rings. The van der Waals surface area contributed by atoms with Crippen molar-refractivity contribution in [2.45, 2.75) is 12.1 Å². The number of aliphatic carboxylic acids is 1. The summed E-state index contributed by atoms with van der Waals surface area (Å²) in [6.07, 6.45) is -1.07. The number of hydrogen-bond acceptors (Lipinski definition) is 5. The number of hydrogen-bond donors (Lipinski definition) is 4. The van der Waals surface area contributed by atoms with Gasteiger partial charge in [-0.15, -0.1) is 0 Å². The molecule has 0 radical (unpaired) electrons. The normalized spacial score (nSPS) is 21.5. The summed E-state index contributed by atoms with van der Waals surface area (Å²) in [5, 5.41) is 16.4. The lowest BCUT2D eigenvalue weighted by Gasteiger charge is -2.23. The lowest BCUT2D eigenvalue weighted by atomic mass is 10.2. The standard InChI is InChI=1S/C9H15N3O5/c1-17-6(9(15)16)3-12-8(14)5-2-11-7(13)4-10-5/h5-6,10H,2-4H2,1H3,(H,11,13)(H,12,14)(H,15,16). The molecule has 0 aromatic rings. The number of methoxy groups -OCH3 is 1. The van der Waals surface area contributed by atoms with Crippen LogP contribution in [-0.4, -0.2) is 61.8 Å². The van der Waals surface area contributed by atoms with Gasteiger partial charge in [0.15, 0.2) is 6.10 Å². The number of nitrogens with one attached hydrogen (secondary N) is 3. The summed E-state index contributed by atoms with van der Waals surface area (Å²) >= 11 is 0. The zero-order valence-corrected chi connectivity index (χ0v) is 9.36. The molecule has 0 saturated carbocycles. The van der Waals surface area contributed by atoms with Crippen LogP contribution in [0, 0.1) is 0 Å². The van der Waals surface area contributed by atoms with Crippen molar-refractivity contribution in [3.05, 3.63) is 0 Å². The molecule has 2 unspecified atom stereocenters. The van der Waals surface area contributed by atoms with E-state index in [1.807, 2.05) is 0 Å². The Morgan fingerprint density at radius 3 is 2.82 bits per heavy atom. The predicted molar refractivity (Wildman–Crippen MR) is 56.2 cm³/mol. The number of rotatable bonds is 5. The molecule has 17 heavy (non-hydrogen) atoms. The molecule has 0 aromatic carbocycles. The highest BCUT2D eigenvalue weighted by atomic mass is 16.5. The second-order valence-corrected chi connectivity index (χ2v) is 3.55. The second-order valence-electron chi connectivity index (χ2n) is 3.55. The van der Waals surface area contributed by atoms with E-state index in [1.165, 1.54) is 7.11 Å². The molecule has 96 valence electrons. The number of ether oxygens (including phenoxy) is 1. The van der Waals surface area contributed by atoms with Crippen molar-refractivity contribution in [2.75, 3.05) is 26.7 Å². The highest BCUT2D eigenvalue weighted by Crippen LogP contribution is 1.91. The predicted octanol–water partition coefficient (Wildman–Crippen LogP) is -2.71. The number of amides is 2. The highest BCUT2D eigenvalue weighted by molar-refractivity contribution is 5.87. The van der Waals surface area contributed by atoms with Gasteiger partial charge in [-0.3, -0.25) is 14.9 Å². The lowest BCUT2D eigenvalue weighted by Crippen LogP contribution is -2.58.